The van der Waals surface area contributed by atoms with Gasteiger partial charge in [-0.3, -0.25) is 4.79 Å². The zero-order valence-electron chi connectivity index (χ0n) is 10.2. The van der Waals surface area contributed by atoms with Gasteiger partial charge in [0, 0.05) is 18.1 Å². The zero-order valence-corrected chi connectivity index (χ0v) is 10.2. The van der Waals surface area contributed by atoms with E-state index in [0.29, 0.717) is 5.95 Å². The Morgan fingerprint density at radius 1 is 1.21 bits per heavy atom. The topological polar surface area (TPSA) is 92.3 Å². The molecule has 2 aromatic rings. The Kier molecular flexibility index (Phi) is 4.04. The van der Waals surface area contributed by atoms with Crippen LogP contribution in [-0.2, 0) is 4.79 Å². The Hall–Kier alpha value is -2.47. The number of nitrogens with zero attached hydrogens (tertiary/aromatic N) is 3. The third-order valence-electron chi connectivity index (χ3n) is 2.56. The molecule has 1 aromatic carbocycles. The van der Waals surface area contributed by atoms with Gasteiger partial charge in [-0.1, -0.05) is 18.2 Å². The van der Waals surface area contributed by atoms with E-state index in [-0.39, 0.29) is 6.54 Å². The molecule has 0 fully saturated rings. The number of carbonyl (C=O) groups is 1. The lowest BCUT2D eigenvalue weighted by atomic mass is 10.2. The second-order valence-electron chi connectivity index (χ2n) is 3.94. The highest BCUT2D eigenvalue weighted by Gasteiger charge is 2.19. The zero-order chi connectivity index (χ0) is 13.7. The molecule has 0 aliphatic heterocycles. The van der Waals surface area contributed by atoms with Gasteiger partial charge in [-0.2, -0.15) is 0 Å². The Bertz CT molecular complexity index is 493. The second-order valence-corrected chi connectivity index (χ2v) is 3.94. The number of hydrogen-bond acceptors (Lipinski definition) is 5. The van der Waals surface area contributed by atoms with Crippen molar-refractivity contribution in [2.45, 2.75) is 6.04 Å². The van der Waals surface area contributed by atoms with Crippen molar-refractivity contribution >= 4 is 17.6 Å². The van der Waals surface area contributed by atoms with Gasteiger partial charge in [0.25, 0.3) is 0 Å². The molecule has 0 radical (unpaired) electrons. The van der Waals surface area contributed by atoms with Crippen molar-refractivity contribution < 1.29 is 9.90 Å². The quantitative estimate of drug-likeness (QED) is 0.832. The molecule has 0 amide bonds. The molecule has 1 heterocycles. The number of carboxylic acids is 1. The summed E-state index contributed by atoms with van der Waals surface area (Å²) in [5.41, 5.74) is 6.39. The lowest BCUT2D eigenvalue weighted by molar-refractivity contribution is -0.138. The molecule has 0 saturated carbocycles. The maximum absolute atomic E-state index is 10.9. The molecule has 0 aliphatic rings. The highest BCUT2D eigenvalue weighted by Crippen LogP contribution is 2.20. The van der Waals surface area contributed by atoms with Crippen molar-refractivity contribution in [3.05, 3.63) is 48.8 Å². The molecule has 0 bridgehead atoms. The molecule has 0 unspecified atom stereocenters. The normalized spacial score (nSPS) is 11.8. The van der Waals surface area contributed by atoms with Gasteiger partial charge in [0.2, 0.25) is 5.95 Å². The van der Waals surface area contributed by atoms with Gasteiger partial charge in [0.1, 0.15) is 6.04 Å². The maximum atomic E-state index is 10.9. The molecule has 6 nitrogen and oxygen atoms in total. The van der Waals surface area contributed by atoms with Crippen molar-refractivity contribution in [1.82, 2.24) is 9.97 Å². The third kappa shape index (κ3) is 3.26. The Morgan fingerprint density at radius 2 is 1.84 bits per heavy atom. The van der Waals surface area contributed by atoms with Crippen molar-refractivity contribution in [3.63, 3.8) is 0 Å². The number of nitrogens with two attached hydrogens (primary N) is 1. The van der Waals surface area contributed by atoms with E-state index in [4.69, 9.17) is 10.8 Å². The van der Waals surface area contributed by atoms with Crippen LogP contribution in [0.3, 0.4) is 0 Å². The van der Waals surface area contributed by atoms with Crippen LogP contribution < -0.4 is 10.6 Å². The van der Waals surface area contributed by atoms with Gasteiger partial charge < -0.3 is 15.7 Å². The van der Waals surface area contributed by atoms with Crippen molar-refractivity contribution in [3.8, 4) is 0 Å². The molecule has 1 atom stereocenters. The maximum Gasteiger partial charge on any atom is 0.322 e. The van der Waals surface area contributed by atoms with Crippen LogP contribution in [0.1, 0.15) is 0 Å². The molecule has 6 heteroatoms. The summed E-state index contributed by atoms with van der Waals surface area (Å²) in [5.74, 6) is -0.637. The lowest BCUT2D eigenvalue weighted by Crippen LogP contribution is -2.41. The number of para-hydroxylation sites is 1. The summed E-state index contributed by atoms with van der Waals surface area (Å²) in [4.78, 5) is 20.9. The fourth-order valence-corrected chi connectivity index (χ4v) is 1.62. The van der Waals surface area contributed by atoms with E-state index in [1.54, 1.807) is 23.4 Å². The first-order chi connectivity index (χ1) is 9.18. The minimum atomic E-state index is -1.06. The Labute approximate surface area is 110 Å². The first kappa shape index (κ1) is 13.0. The van der Waals surface area contributed by atoms with Gasteiger partial charge >= 0.3 is 5.97 Å². The summed E-state index contributed by atoms with van der Waals surface area (Å²) in [6, 6.07) is 9.99. The standard InChI is InChI=1S/C13H14N4O2/c14-11(12(18)19)9-17(10-5-2-1-3-6-10)13-15-7-4-8-16-13/h1-8,11H,9,14H2,(H,18,19)/t11-/m1/s1. The monoisotopic (exact) mass is 258 g/mol. The average molecular weight is 258 g/mol. The summed E-state index contributed by atoms with van der Waals surface area (Å²) in [5, 5.41) is 8.93. The molecular weight excluding hydrogens is 244 g/mol. The highest BCUT2D eigenvalue weighted by atomic mass is 16.4. The van der Waals surface area contributed by atoms with Crippen LogP contribution in [0, 0.1) is 0 Å². The van der Waals surface area contributed by atoms with E-state index >= 15 is 0 Å². The van der Waals surface area contributed by atoms with Gasteiger partial charge in [-0.05, 0) is 18.2 Å². The van der Waals surface area contributed by atoms with Crippen molar-refractivity contribution in [2.24, 2.45) is 5.73 Å². The van der Waals surface area contributed by atoms with Crippen LogP contribution in [0.15, 0.2) is 48.8 Å². The number of carboxylic acid groups (broad SMARTS) is 1. The smallest absolute Gasteiger partial charge is 0.322 e. The minimum absolute atomic E-state index is 0.101. The Morgan fingerprint density at radius 3 is 2.42 bits per heavy atom. The summed E-state index contributed by atoms with van der Waals surface area (Å²) in [7, 11) is 0. The molecule has 0 saturated heterocycles. The van der Waals surface area contributed by atoms with E-state index in [2.05, 4.69) is 9.97 Å². The summed E-state index contributed by atoms with van der Waals surface area (Å²) < 4.78 is 0. The van der Waals surface area contributed by atoms with Crippen LogP contribution in [0.2, 0.25) is 0 Å². The molecule has 0 aliphatic carbocycles. The number of anilines is 2. The summed E-state index contributed by atoms with van der Waals surface area (Å²) in [6.45, 7) is 0.101. The largest absolute Gasteiger partial charge is 0.480 e. The Balaban J connectivity index is 2.32. The number of aliphatic carboxylic acids is 1. The molecular formula is C13H14N4O2. The first-order valence-corrected chi connectivity index (χ1v) is 5.76. The average Bonchev–Trinajstić information content (AvgIpc) is 2.46. The summed E-state index contributed by atoms with van der Waals surface area (Å²) in [6.07, 6.45) is 3.20. The van der Waals surface area contributed by atoms with Gasteiger partial charge in [0.15, 0.2) is 0 Å². The van der Waals surface area contributed by atoms with Crippen LogP contribution in [0.4, 0.5) is 11.6 Å². The van der Waals surface area contributed by atoms with Crippen LogP contribution in [0.5, 0.6) is 0 Å². The molecule has 1 aromatic heterocycles. The number of hydrogen-bond donors (Lipinski definition) is 2. The van der Waals surface area contributed by atoms with Crippen molar-refractivity contribution in [1.29, 1.82) is 0 Å². The number of benzene rings is 1. The summed E-state index contributed by atoms with van der Waals surface area (Å²) >= 11 is 0. The van der Waals surface area contributed by atoms with E-state index < -0.39 is 12.0 Å². The van der Waals surface area contributed by atoms with E-state index in [0.717, 1.165) is 5.69 Å². The molecule has 98 valence electrons. The predicted molar refractivity (Wildman–Crippen MR) is 71.1 cm³/mol. The second kappa shape index (κ2) is 5.92. The first-order valence-electron chi connectivity index (χ1n) is 5.76. The van der Waals surface area contributed by atoms with Crippen molar-refractivity contribution in [2.75, 3.05) is 11.4 Å². The number of aromatic nitrogens is 2. The predicted octanol–water partition coefficient (Wildman–Crippen LogP) is 1.03. The van der Waals surface area contributed by atoms with E-state index in [1.165, 1.54) is 0 Å². The third-order valence-corrected chi connectivity index (χ3v) is 2.56. The number of rotatable bonds is 5. The molecule has 2 rings (SSSR count). The van der Waals surface area contributed by atoms with Crippen LogP contribution >= 0.6 is 0 Å². The van der Waals surface area contributed by atoms with Crippen LogP contribution in [0.25, 0.3) is 0 Å². The van der Waals surface area contributed by atoms with Gasteiger partial charge in [-0.25, -0.2) is 9.97 Å². The molecule has 0 spiro atoms. The van der Waals surface area contributed by atoms with E-state index in [9.17, 15) is 4.79 Å². The minimum Gasteiger partial charge on any atom is -0.480 e. The highest BCUT2D eigenvalue weighted by molar-refractivity contribution is 5.75. The van der Waals surface area contributed by atoms with Crippen LogP contribution in [-0.4, -0.2) is 33.6 Å². The fraction of sp³-hybridized carbons (Fsp3) is 0.154. The molecule has 3 N–H and O–H groups in total. The lowest BCUT2D eigenvalue weighted by Gasteiger charge is -2.24. The molecule has 19 heavy (non-hydrogen) atoms. The van der Waals surface area contributed by atoms with Gasteiger partial charge in [-0.15, -0.1) is 0 Å². The SMILES string of the molecule is N[C@H](CN(c1ccccc1)c1ncccn1)C(=O)O. The van der Waals surface area contributed by atoms with E-state index in [1.807, 2.05) is 30.3 Å². The van der Waals surface area contributed by atoms with Gasteiger partial charge in [0.05, 0.1) is 6.54 Å². The fourth-order valence-electron chi connectivity index (χ4n) is 1.62.